The van der Waals surface area contributed by atoms with E-state index in [0.29, 0.717) is 6.79 Å². The molecule has 0 amide bonds. The van der Waals surface area contributed by atoms with Gasteiger partial charge in [0.15, 0.2) is 11.5 Å². The van der Waals surface area contributed by atoms with Crippen molar-refractivity contribution in [2.45, 2.75) is 13.1 Å². The summed E-state index contributed by atoms with van der Waals surface area (Å²) >= 11 is 5.22. The second kappa shape index (κ2) is 5.30. The second-order valence-electron chi connectivity index (χ2n) is 4.00. The number of hydrogen-bond acceptors (Lipinski definition) is 4. The van der Waals surface area contributed by atoms with E-state index in [1.807, 2.05) is 12.1 Å². The van der Waals surface area contributed by atoms with E-state index in [-0.39, 0.29) is 0 Å². The zero-order chi connectivity index (χ0) is 12.4. The van der Waals surface area contributed by atoms with Crippen LogP contribution in [0.2, 0.25) is 0 Å². The van der Waals surface area contributed by atoms with Crippen molar-refractivity contribution in [3.8, 4) is 11.5 Å². The highest BCUT2D eigenvalue weighted by molar-refractivity contribution is 9.11. The molecule has 0 radical (unpaired) electrons. The molecular weight excluding hydrogens is 314 g/mol. The van der Waals surface area contributed by atoms with Gasteiger partial charge in [0.25, 0.3) is 0 Å². The monoisotopic (exact) mass is 325 g/mol. The molecule has 0 aliphatic carbocycles. The normalized spacial score (nSPS) is 12.9. The van der Waals surface area contributed by atoms with Crippen molar-refractivity contribution in [2.75, 3.05) is 6.79 Å². The number of rotatable bonds is 4. The highest BCUT2D eigenvalue weighted by atomic mass is 79.9. The van der Waals surface area contributed by atoms with Crippen LogP contribution < -0.4 is 14.8 Å². The van der Waals surface area contributed by atoms with Crippen LogP contribution in [0.1, 0.15) is 10.4 Å². The molecule has 0 atom stereocenters. The van der Waals surface area contributed by atoms with Crippen LogP contribution >= 0.6 is 27.3 Å². The molecule has 0 unspecified atom stereocenters. The quantitative estimate of drug-likeness (QED) is 0.932. The first-order valence-electron chi connectivity index (χ1n) is 5.65. The molecular formula is C13H12BrNO2S. The van der Waals surface area contributed by atoms with Gasteiger partial charge in [0.1, 0.15) is 0 Å². The minimum atomic E-state index is 0.329. The molecule has 0 bridgehead atoms. The summed E-state index contributed by atoms with van der Waals surface area (Å²) in [4.78, 5) is 1.32. The minimum Gasteiger partial charge on any atom is -0.454 e. The van der Waals surface area contributed by atoms with Gasteiger partial charge in [-0.1, -0.05) is 6.07 Å². The van der Waals surface area contributed by atoms with Gasteiger partial charge in [0.05, 0.1) is 3.79 Å². The lowest BCUT2D eigenvalue weighted by Crippen LogP contribution is -2.11. The second-order valence-corrected chi connectivity index (χ2v) is 6.54. The number of nitrogens with one attached hydrogen (secondary N) is 1. The molecule has 0 saturated heterocycles. The zero-order valence-electron chi connectivity index (χ0n) is 9.61. The van der Waals surface area contributed by atoms with Gasteiger partial charge in [-0.3, -0.25) is 0 Å². The fraction of sp³-hybridized carbons (Fsp3) is 0.231. The third kappa shape index (κ3) is 2.68. The summed E-state index contributed by atoms with van der Waals surface area (Å²) in [5, 5.41) is 3.42. The first kappa shape index (κ1) is 12.0. The van der Waals surface area contributed by atoms with E-state index in [2.05, 4.69) is 39.4 Å². The summed E-state index contributed by atoms with van der Waals surface area (Å²) in [7, 11) is 0. The Hall–Kier alpha value is -1.04. The van der Waals surface area contributed by atoms with Crippen molar-refractivity contribution in [2.24, 2.45) is 0 Å². The van der Waals surface area contributed by atoms with Gasteiger partial charge in [0.2, 0.25) is 6.79 Å². The van der Waals surface area contributed by atoms with Crippen LogP contribution in [0.4, 0.5) is 0 Å². The average Bonchev–Trinajstić information content (AvgIpc) is 2.97. The van der Waals surface area contributed by atoms with Crippen molar-refractivity contribution in [3.05, 3.63) is 44.6 Å². The molecule has 2 aromatic rings. The number of fused-ring (bicyclic) bond motifs is 1. The molecule has 0 saturated carbocycles. The zero-order valence-corrected chi connectivity index (χ0v) is 12.0. The van der Waals surface area contributed by atoms with E-state index in [9.17, 15) is 0 Å². The fourth-order valence-electron chi connectivity index (χ4n) is 1.83. The third-order valence-corrected chi connectivity index (χ3v) is 4.32. The van der Waals surface area contributed by atoms with Gasteiger partial charge in [-0.15, -0.1) is 11.3 Å². The maximum absolute atomic E-state index is 5.35. The smallest absolute Gasteiger partial charge is 0.231 e. The number of ether oxygens (including phenoxy) is 2. The van der Waals surface area contributed by atoms with Crippen molar-refractivity contribution in [1.29, 1.82) is 0 Å². The lowest BCUT2D eigenvalue weighted by atomic mass is 10.2. The van der Waals surface area contributed by atoms with Gasteiger partial charge >= 0.3 is 0 Å². The Morgan fingerprint density at radius 2 is 2.00 bits per heavy atom. The van der Waals surface area contributed by atoms with Crippen molar-refractivity contribution >= 4 is 27.3 Å². The van der Waals surface area contributed by atoms with Crippen LogP contribution in [0.25, 0.3) is 0 Å². The van der Waals surface area contributed by atoms with E-state index in [1.165, 1.54) is 14.2 Å². The predicted octanol–water partition coefficient (Wildman–Crippen LogP) is 3.53. The summed E-state index contributed by atoms with van der Waals surface area (Å²) in [5.41, 5.74) is 1.20. The highest BCUT2D eigenvalue weighted by Crippen LogP contribution is 2.32. The van der Waals surface area contributed by atoms with Gasteiger partial charge < -0.3 is 14.8 Å². The average molecular weight is 326 g/mol. The molecule has 0 spiro atoms. The molecule has 18 heavy (non-hydrogen) atoms. The van der Waals surface area contributed by atoms with Crippen molar-refractivity contribution < 1.29 is 9.47 Å². The van der Waals surface area contributed by atoms with Gasteiger partial charge in [0, 0.05) is 18.0 Å². The Balaban J connectivity index is 1.57. The lowest BCUT2D eigenvalue weighted by molar-refractivity contribution is 0.174. The Morgan fingerprint density at radius 3 is 2.83 bits per heavy atom. The predicted molar refractivity (Wildman–Crippen MR) is 75.1 cm³/mol. The van der Waals surface area contributed by atoms with E-state index in [0.717, 1.165) is 24.6 Å². The summed E-state index contributed by atoms with van der Waals surface area (Å²) < 4.78 is 11.8. The van der Waals surface area contributed by atoms with Gasteiger partial charge in [-0.2, -0.15) is 0 Å². The lowest BCUT2D eigenvalue weighted by Gasteiger charge is -2.04. The topological polar surface area (TPSA) is 30.5 Å². The molecule has 3 nitrogen and oxygen atoms in total. The van der Waals surface area contributed by atoms with Crippen LogP contribution in [-0.2, 0) is 13.1 Å². The van der Waals surface area contributed by atoms with Crippen molar-refractivity contribution in [3.63, 3.8) is 0 Å². The number of thiophene rings is 1. The van der Waals surface area contributed by atoms with E-state index < -0.39 is 0 Å². The summed E-state index contributed by atoms with van der Waals surface area (Å²) in [6.07, 6.45) is 0. The largest absolute Gasteiger partial charge is 0.454 e. The first-order valence-corrected chi connectivity index (χ1v) is 7.26. The summed E-state index contributed by atoms with van der Waals surface area (Å²) in [6, 6.07) is 10.2. The fourth-order valence-corrected chi connectivity index (χ4v) is 3.28. The molecule has 1 N–H and O–H groups in total. The van der Waals surface area contributed by atoms with Crippen molar-refractivity contribution in [1.82, 2.24) is 5.32 Å². The van der Waals surface area contributed by atoms with E-state index in [4.69, 9.17) is 9.47 Å². The van der Waals surface area contributed by atoms with E-state index in [1.54, 1.807) is 11.3 Å². The standard InChI is InChI=1S/C13H12BrNO2S/c14-13-4-2-10(18-13)7-15-6-9-1-3-11-12(5-9)17-8-16-11/h1-5,15H,6-8H2. The molecule has 1 aromatic carbocycles. The molecule has 5 heteroatoms. The number of hydrogen-bond donors (Lipinski definition) is 1. The number of halogens is 1. The minimum absolute atomic E-state index is 0.329. The van der Waals surface area contributed by atoms with Gasteiger partial charge in [-0.05, 0) is 45.8 Å². The van der Waals surface area contributed by atoms with Crippen LogP contribution in [0.15, 0.2) is 34.1 Å². The Kier molecular flexibility index (Phi) is 3.54. The first-order chi connectivity index (χ1) is 8.81. The molecule has 94 valence electrons. The van der Waals surface area contributed by atoms with E-state index >= 15 is 0 Å². The summed E-state index contributed by atoms with van der Waals surface area (Å²) in [6.45, 7) is 2.03. The molecule has 0 fully saturated rings. The molecule has 1 aromatic heterocycles. The molecule has 1 aliphatic rings. The SMILES string of the molecule is Brc1ccc(CNCc2ccc3c(c2)OCO3)s1. The maximum atomic E-state index is 5.35. The number of benzene rings is 1. The van der Waals surface area contributed by atoms with Crippen LogP contribution in [0.3, 0.4) is 0 Å². The maximum Gasteiger partial charge on any atom is 0.231 e. The van der Waals surface area contributed by atoms with Crippen LogP contribution in [0.5, 0.6) is 11.5 Å². The summed E-state index contributed by atoms with van der Waals surface area (Å²) in [5.74, 6) is 1.68. The van der Waals surface area contributed by atoms with Crippen LogP contribution in [-0.4, -0.2) is 6.79 Å². The molecule has 3 rings (SSSR count). The Morgan fingerprint density at radius 1 is 1.11 bits per heavy atom. The highest BCUT2D eigenvalue weighted by Gasteiger charge is 2.12. The van der Waals surface area contributed by atoms with Gasteiger partial charge in [-0.25, -0.2) is 0 Å². The molecule has 1 aliphatic heterocycles. The van der Waals surface area contributed by atoms with Crippen LogP contribution in [0, 0.1) is 0 Å². The Bertz CT molecular complexity index is 556. The molecule has 2 heterocycles. The third-order valence-electron chi connectivity index (χ3n) is 2.69. The Labute approximate surface area is 118 Å².